The molecule has 2 aliphatic rings. The van der Waals surface area contributed by atoms with Crippen LogP contribution in [0.2, 0.25) is 0 Å². The van der Waals surface area contributed by atoms with E-state index in [1.807, 2.05) is 0 Å². The van der Waals surface area contributed by atoms with E-state index in [0.29, 0.717) is 18.2 Å². The summed E-state index contributed by atoms with van der Waals surface area (Å²) in [5.41, 5.74) is 3.58. The van der Waals surface area contributed by atoms with Crippen molar-refractivity contribution in [2.45, 2.75) is 31.8 Å². The molecule has 1 unspecified atom stereocenters. The summed E-state index contributed by atoms with van der Waals surface area (Å²) in [4.78, 5) is 4.86. The van der Waals surface area contributed by atoms with Crippen molar-refractivity contribution in [3.05, 3.63) is 70.8 Å². The van der Waals surface area contributed by atoms with Gasteiger partial charge in [0.2, 0.25) is 0 Å². The molecular formula is C21H24F2N2. The smallest absolute Gasteiger partial charge is 0.130 e. The lowest BCUT2D eigenvalue weighted by Crippen LogP contribution is -2.51. The van der Waals surface area contributed by atoms with Crippen LogP contribution in [-0.2, 0) is 19.4 Å². The summed E-state index contributed by atoms with van der Waals surface area (Å²) in [6.07, 6.45) is 3.54. The van der Waals surface area contributed by atoms with Crippen LogP contribution in [0.5, 0.6) is 0 Å². The monoisotopic (exact) mass is 342 g/mol. The average molecular weight is 342 g/mol. The predicted octanol–water partition coefficient (Wildman–Crippen LogP) is 3.64. The quantitative estimate of drug-likeness (QED) is 0.840. The van der Waals surface area contributed by atoms with E-state index in [-0.39, 0.29) is 0 Å². The van der Waals surface area contributed by atoms with Crippen LogP contribution in [0.4, 0.5) is 8.78 Å². The summed E-state index contributed by atoms with van der Waals surface area (Å²) >= 11 is 0. The Balaban J connectivity index is 1.33. The zero-order valence-corrected chi connectivity index (χ0v) is 14.4. The molecule has 132 valence electrons. The first-order valence-corrected chi connectivity index (χ1v) is 9.16. The zero-order valence-electron chi connectivity index (χ0n) is 14.4. The van der Waals surface area contributed by atoms with Crippen molar-refractivity contribution in [2.24, 2.45) is 0 Å². The number of halogens is 2. The number of aryl methyl sites for hydroxylation is 1. The maximum absolute atomic E-state index is 13.8. The van der Waals surface area contributed by atoms with Gasteiger partial charge in [0.05, 0.1) is 0 Å². The zero-order chi connectivity index (χ0) is 17.2. The number of benzene rings is 2. The topological polar surface area (TPSA) is 6.48 Å². The van der Waals surface area contributed by atoms with Crippen molar-refractivity contribution in [2.75, 3.05) is 26.2 Å². The largest absolute Gasteiger partial charge is 0.298 e. The summed E-state index contributed by atoms with van der Waals surface area (Å²) in [5, 5.41) is 0. The molecule has 1 aliphatic carbocycles. The third-order valence-electron chi connectivity index (χ3n) is 5.65. The van der Waals surface area contributed by atoms with Crippen molar-refractivity contribution in [1.82, 2.24) is 9.80 Å². The van der Waals surface area contributed by atoms with E-state index in [2.05, 4.69) is 34.1 Å². The SMILES string of the molecule is Fc1ccc(CN2CCN(C3CCc4ccccc4C3)CC2)c(F)c1. The van der Waals surface area contributed by atoms with Gasteiger partial charge >= 0.3 is 0 Å². The van der Waals surface area contributed by atoms with Gasteiger partial charge in [-0.15, -0.1) is 0 Å². The Morgan fingerprint density at radius 1 is 0.920 bits per heavy atom. The number of rotatable bonds is 3. The highest BCUT2D eigenvalue weighted by molar-refractivity contribution is 5.30. The first kappa shape index (κ1) is 16.7. The fourth-order valence-corrected chi connectivity index (χ4v) is 4.17. The summed E-state index contributed by atoms with van der Waals surface area (Å²) in [5.74, 6) is -0.949. The molecule has 25 heavy (non-hydrogen) atoms. The molecule has 1 aliphatic heterocycles. The first-order valence-electron chi connectivity index (χ1n) is 9.16. The molecule has 1 atom stereocenters. The van der Waals surface area contributed by atoms with Gasteiger partial charge in [-0.3, -0.25) is 9.80 Å². The Morgan fingerprint density at radius 2 is 1.68 bits per heavy atom. The van der Waals surface area contributed by atoms with E-state index in [1.54, 1.807) is 6.07 Å². The van der Waals surface area contributed by atoms with Crippen LogP contribution < -0.4 is 0 Å². The molecule has 1 heterocycles. The third kappa shape index (κ3) is 3.75. The van der Waals surface area contributed by atoms with E-state index in [9.17, 15) is 8.78 Å². The van der Waals surface area contributed by atoms with Crippen molar-refractivity contribution in [3.8, 4) is 0 Å². The van der Waals surface area contributed by atoms with Crippen molar-refractivity contribution < 1.29 is 8.78 Å². The fourth-order valence-electron chi connectivity index (χ4n) is 4.17. The van der Waals surface area contributed by atoms with Gasteiger partial charge in [-0.05, 0) is 36.5 Å². The highest BCUT2D eigenvalue weighted by Crippen LogP contribution is 2.25. The lowest BCUT2D eigenvalue weighted by Gasteiger charge is -2.41. The maximum Gasteiger partial charge on any atom is 0.130 e. The highest BCUT2D eigenvalue weighted by atomic mass is 19.1. The second-order valence-corrected chi connectivity index (χ2v) is 7.21. The van der Waals surface area contributed by atoms with Crippen LogP contribution in [0.1, 0.15) is 23.1 Å². The average Bonchev–Trinajstić information content (AvgIpc) is 2.64. The van der Waals surface area contributed by atoms with Gasteiger partial charge in [-0.25, -0.2) is 8.78 Å². The van der Waals surface area contributed by atoms with Gasteiger partial charge in [-0.1, -0.05) is 30.3 Å². The minimum absolute atomic E-state index is 0.439. The molecule has 2 aromatic carbocycles. The van der Waals surface area contributed by atoms with Crippen LogP contribution in [-0.4, -0.2) is 42.0 Å². The minimum atomic E-state index is -0.511. The van der Waals surface area contributed by atoms with Crippen molar-refractivity contribution in [3.63, 3.8) is 0 Å². The molecule has 4 heteroatoms. The number of hydrogen-bond donors (Lipinski definition) is 0. The molecule has 0 spiro atoms. The second kappa shape index (κ2) is 7.22. The van der Waals surface area contributed by atoms with Crippen molar-refractivity contribution >= 4 is 0 Å². The van der Waals surface area contributed by atoms with E-state index in [4.69, 9.17) is 0 Å². The summed E-state index contributed by atoms with van der Waals surface area (Å²) in [6, 6.07) is 13.3. The van der Waals surface area contributed by atoms with E-state index >= 15 is 0 Å². The Morgan fingerprint density at radius 3 is 2.44 bits per heavy atom. The molecule has 2 aromatic rings. The van der Waals surface area contributed by atoms with Gasteiger partial charge in [0, 0.05) is 50.4 Å². The number of piperazine rings is 1. The van der Waals surface area contributed by atoms with Crippen LogP contribution in [0.3, 0.4) is 0 Å². The molecule has 0 N–H and O–H groups in total. The molecule has 0 bridgehead atoms. The van der Waals surface area contributed by atoms with E-state index in [0.717, 1.165) is 38.7 Å². The van der Waals surface area contributed by atoms with Crippen LogP contribution in [0.25, 0.3) is 0 Å². The Kier molecular flexibility index (Phi) is 4.82. The molecule has 0 radical (unpaired) electrons. The Labute approximate surface area is 148 Å². The molecule has 2 nitrogen and oxygen atoms in total. The molecule has 1 saturated heterocycles. The highest BCUT2D eigenvalue weighted by Gasteiger charge is 2.27. The van der Waals surface area contributed by atoms with E-state index < -0.39 is 11.6 Å². The number of nitrogens with zero attached hydrogens (tertiary/aromatic N) is 2. The van der Waals surface area contributed by atoms with E-state index in [1.165, 1.54) is 30.0 Å². The minimum Gasteiger partial charge on any atom is -0.298 e. The summed E-state index contributed by atoms with van der Waals surface area (Å²) in [6.45, 7) is 4.49. The normalized spacial score (nSPS) is 21.9. The lowest BCUT2D eigenvalue weighted by molar-refractivity contribution is 0.0850. The van der Waals surface area contributed by atoms with Gasteiger partial charge in [0.15, 0.2) is 0 Å². The predicted molar refractivity (Wildman–Crippen MR) is 95.5 cm³/mol. The molecule has 0 aromatic heterocycles. The third-order valence-corrected chi connectivity index (χ3v) is 5.65. The summed E-state index contributed by atoms with van der Waals surface area (Å²) in [7, 11) is 0. The number of fused-ring (bicyclic) bond motifs is 1. The van der Waals surface area contributed by atoms with Crippen LogP contribution >= 0.6 is 0 Å². The molecule has 0 saturated carbocycles. The fraction of sp³-hybridized carbons (Fsp3) is 0.429. The van der Waals surface area contributed by atoms with Gasteiger partial charge in [0.25, 0.3) is 0 Å². The first-order chi connectivity index (χ1) is 12.2. The standard InChI is InChI=1S/C21H24F2N2/c22-19-7-5-18(21(23)14-19)15-24-9-11-25(12-10-24)20-8-6-16-3-1-2-4-17(16)13-20/h1-5,7,14,20H,6,8-13,15H2. The van der Waals surface area contributed by atoms with Crippen LogP contribution in [0.15, 0.2) is 42.5 Å². The van der Waals surface area contributed by atoms with Gasteiger partial charge < -0.3 is 0 Å². The van der Waals surface area contributed by atoms with Crippen LogP contribution in [0, 0.1) is 11.6 Å². The Bertz CT molecular complexity index is 738. The summed E-state index contributed by atoms with van der Waals surface area (Å²) < 4.78 is 26.9. The molecule has 0 amide bonds. The maximum atomic E-state index is 13.8. The molecule has 4 rings (SSSR count). The molecular weight excluding hydrogens is 318 g/mol. The lowest BCUT2D eigenvalue weighted by atomic mass is 9.87. The number of hydrogen-bond acceptors (Lipinski definition) is 2. The molecule has 1 fully saturated rings. The second-order valence-electron chi connectivity index (χ2n) is 7.21. The van der Waals surface area contributed by atoms with Crippen molar-refractivity contribution in [1.29, 1.82) is 0 Å². The Hall–Kier alpha value is -1.78. The van der Waals surface area contributed by atoms with Gasteiger partial charge in [0.1, 0.15) is 11.6 Å². The van der Waals surface area contributed by atoms with Gasteiger partial charge in [-0.2, -0.15) is 0 Å².